The van der Waals surface area contributed by atoms with Gasteiger partial charge in [0.2, 0.25) is 5.91 Å². The van der Waals surface area contributed by atoms with Gasteiger partial charge in [-0.2, -0.15) is 0 Å². The van der Waals surface area contributed by atoms with Crippen LogP contribution in [0.2, 0.25) is 0 Å². The molecule has 1 aliphatic rings. The highest BCUT2D eigenvalue weighted by Gasteiger charge is 2.20. The first-order valence-electron chi connectivity index (χ1n) is 7.88. The highest BCUT2D eigenvalue weighted by molar-refractivity contribution is 7.84. The summed E-state index contributed by atoms with van der Waals surface area (Å²) in [6, 6.07) is 7.72. The first-order valence-corrected chi connectivity index (χ1v) is 9.44. The molecule has 1 heterocycles. The fourth-order valence-corrected chi connectivity index (χ4v) is 3.36. The topological polar surface area (TPSA) is 49.4 Å². The minimum atomic E-state index is -0.961. The average Bonchev–Trinajstić information content (AvgIpc) is 3.04. The van der Waals surface area contributed by atoms with Crippen molar-refractivity contribution in [3.8, 4) is 0 Å². The largest absolute Gasteiger partial charge is 0.339 e. The van der Waals surface area contributed by atoms with Gasteiger partial charge in [-0.25, -0.2) is 0 Å². The van der Waals surface area contributed by atoms with E-state index in [0.717, 1.165) is 30.0 Å². The van der Waals surface area contributed by atoms with Crippen molar-refractivity contribution in [2.24, 2.45) is 5.92 Å². The van der Waals surface area contributed by atoms with Gasteiger partial charge in [0.25, 0.3) is 0 Å². The van der Waals surface area contributed by atoms with E-state index in [1.54, 1.807) is 6.26 Å². The van der Waals surface area contributed by atoms with E-state index >= 15 is 0 Å². The first kappa shape index (κ1) is 20.1. The van der Waals surface area contributed by atoms with Crippen molar-refractivity contribution in [1.82, 2.24) is 10.2 Å². The van der Waals surface area contributed by atoms with Gasteiger partial charge in [-0.1, -0.05) is 12.1 Å². The summed E-state index contributed by atoms with van der Waals surface area (Å²) in [5.74, 6) is 0.842. The van der Waals surface area contributed by atoms with E-state index in [0.29, 0.717) is 12.3 Å². The van der Waals surface area contributed by atoms with Crippen molar-refractivity contribution in [3.63, 3.8) is 0 Å². The van der Waals surface area contributed by atoms with Gasteiger partial charge in [-0.15, -0.1) is 12.4 Å². The molecule has 3 unspecified atom stereocenters. The van der Waals surface area contributed by atoms with Crippen LogP contribution in [0.4, 0.5) is 0 Å². The maximum Gasteiger partial charge on any atom is 0.222 e. The van der Waals surface area contributed by atoms with Gasteiger partial charge in [0.05, 0.1) is 6.04 Å². The van der Waals surface area contributed by atoms with Crippen LogP contribution in [0.15, 0.2) is 29.2 Å². The quantitative estimate of drug-likeness (QED) is 0.850. The number of carbonyl (C=O) groups excluding carboxylic acids is 1. The standard InChI is InChI=1S/C17H26N2O2S.ClH/c1-13(15-5-7-16(8-6-15)22(3)21)19(2)17(20)9-4-14-10-11-18-12-14;/h5-8,13-14,18H,4,9-12H2,1-3H3;1H. The van der Waals surface area contributed by atoms with Gasteiger partial charge >= 0.3 is 0 Å². The van der Waals surface area contributed by atoms with Crippen LogP contribution in [0, 0.1) is 5.92 Å². The van der Waals surface area contributed by atoms with Crippen LogP contribution in [0.1, 0.15) is 37.8 Å². The molecule has 1 amide bonds. The summed E-state index contributed by atoms with van der Waals surface area (Å²) in [5.41, 5.74) is 1.08. The Labute approximate surface area is 147 Å². The van der Waals surface area contributed by atoms with E-state index in [2.05, 4.69) is 5.32 Å². The van der Waals surface area contributed by atoms with Gasteiger partial charge in [-0.05, 0) is 56.5 Å². The predicted molar refractivity (Wildman–Crippen MR) is 97.4 cm³/mol. The minimum Gasteiger partial charge on any atom is -0.339 e. The fourth-order valence-electron chi connectivity index (χ4n) is 2.84. The second kappa shape index (κ2) is 9.40. The Bertz CT molecular complexity index is 530. The molecule has 0 aliphatic carbocycles. The maximum absolute atomic E-state index is 12.3. The number of hydrogen-bond acceptors (Lipinski definition) is 3. The summed E-state index contributed by atoms with van der Waals surface area (Å²) >= 11 is 0. The lowest BCUT2D eigenvalue weighted by Gasteiger charge is -2.26. The molecule has 0 bridgehead atoms. The molecule has 130 valence electrons. The molecule has 23 heavy (non-hydrogen) atoms. The molecule has 6 heteroatoms. The van der Waals surface area contributed by atoms with Crippen LogP contribution in [0.5, 0.6) is 0 Å². The number of nitrogens with zero attached hydrogens (tertiary/aromatic N) is 1. The summed E-state index contributed by atoms with van der Waals surface area (Å²) in [6.45, 7) is 4.16. The summed E-state index contributed by atoms with van der Waals surface area (Å²) in [7, 11) is 0.906. The van der Waals surface area contributed by atoms with Crippen LogP contribution in [-0.2, 0) is 15.6 Å². The zero-order valence-corrected chi connectivity index (χ0v) is 15.7. The van der Waals surface area contributed by atoms with Gasteiger partial charge in [0, 0.05) is 35.4 Å². The van der Waals surface area contributed by atoms with E-state index < -0.39 is 10.8 Å². The molecule has 1 N–H and O–H groups in total. The van der Waals surface area contributed by atoms with Gasteiger partial charge in [-0.3, -0.25) is 9.00 Å². The summed E-state index contributed by atoms with van der Waals surface area (Å²) in [4.78, 5) is 15.0. The lowest BCUT2D eigenvalue weighted by atomic mass is 10.0. The number of halogens is 1. The first-order chi connectivity index (χ1) is 10.5. The second-order valence-corrected chi connectivity index (χ2v) is 7.48. The molecular formula is C17H27ClN2O2S. The van der Waals surface area contributed by atoms with E-state index in [1.807, 2.05) is 43.1 Å². The molecule has 0 radical (unpaired) electrons. The van der Waals surface area contributed by atoms with E-state index in [9.17, 15) is 9.00 Å². The average molecular weight is 359 g/mol. The predicted octanol–water partition coefficient (Wildman–Crippen LogP) is 2.75. The molecule has 1 aromatic carbocycles. The Morgan fingerprint density at radius 2 is 2.04 bits per heavy atom. The minimum absolute atomic E-state index is 0. The molecule has 4 nitrogen and oxygen atoms in total. The zero-order valence-electron chi connectivity index (χ0n) is 14.1. The molecule has 3 atom stereocenters. The second-order valence-electron chi connectivity index (χ2n) is 6.10. The van der Waals surface area contributed by atoms with Gasteiger partial charge in [0.15, 0.2) is 0 Å². The Balaban J connectivity index is 0.00000264. The molecule has 1 saturated heterocycles. The highest BCUT2D eigenvalue weighted by atomic mass is 35.5. The Morgan fingerprint density at radius 1 is 1.39 bits per heavy atom. The van der Waals surface area contributed by atoms with Crippen molar-refractivity contribution < 1.29 is 9.00 Å². The smallest absolute Gasteiger partial charge is 0.222 e. The van der Waals surface area contributed by atoms with Crippen molar-refractivity contribution in [2.75, 3.05) is 26.4 Å². The third-order valence-corrected chi connectivity index (χ3v) is 5.53. The monoisotopic (exact) mass is 358 g/mol. The lowest BCUT2D eigenvalue weighted by Crippen LogP contribution is -2.30. The number of rotatable bonds is 6. The molecule has 1 aliphatic heterocycles. The van der Waals surface area contributed by atoms with E-state index in [4.69, 9.17) is 0 Å². The van der Waals surface area contributed by atoms with Crippen molar-refractivity contribution in [1.29, 1.82) is 0 Å². The molecule has 1 fully saturated rings. The number of amides is 1. The molecule has 0 spiro atoms. The normalized spacial score (nSPS) is 19.7. The van der Waals surface area contributed by atoms with Crippen LogP contribution in [0.3, 0.4) is 0 Å². The lowest BCUT2D eigenvalue weighted by molar-refractivity contribution is -0.132. The number of benzene rings is 1. The van der Waals surface area contributed by atoms with Gasteiger partial charge < -0.3 is 10.2 Å². The van der Waals surface area contributed by atoms with Crippen LogP contribution < -0.4 is 5.32 Å². The third kappa shape index (κ3) is 5.59. The molecule has 0 saturated carbocycles. The molecule has 2 rings (SSSR count). The number of nitrogens with one attached hydrogen (secondary N) is 1. The number of hydrogen-bond donors (Lipinski definition) is 1. The summed E-state index contributed by atoms with van der Waals surface area (Å²) in [6.07, 6.45) is 4.44. The molecular weight excluding hydrogens is 332 g/mol. The molecule has 0 aromatic heterocycles. The van der Waals surface area contributed by atoms with E-state index in [-0.39, 0.29) is 24.4 Å². The number of carbonyl (C=O) groups is 1. The van der Waals surface area contributed by atoms with E-state index in [1.165, 1.54) is 6.42 Å². The van der Waals surface area contributed by atoms with Gasteiger partial charge in [0.1, 0.15) is 0 Å². The SMILES string of the molecule is CC(c1ccc(S(C)=O)cc1)N(C)C(=O)CCC1CCNC1.Cl. The van der Waals surface area contributed by atoms with Crippen molar-refractivity contribution in [3.05, 3.63) is 29.8 Å². The Hall–Kier alpha value is -0.910. The summed E-state index contributed by atoms with van der Waals surface area (Å²) < 4.78 is 11.4. The Kier molecular flexibility index (Phi) is 8.23. The van der Waals surface area contributed by atoms with Crippen molar-refractivity contribution in [2.45, 2.75) is 37.1 Å². The van der Waals surface area contributed by atoms with Crippen LogP contribution in [0.25, 0.3) is 0 Å². The van der Waals surface area contributed by atoms with Crippen LogP contribution in [-0.4, -0.2) is 41.4 Å². The third-order valence-electron chi connectivity index (χ3n) is 4.60. The molecule has 1 aromatic rings. The maximum atomic E-state index is 12.3. The summed E-state index contributed by atoms with van der Waals surface area (Å²) in [5, 5.41) is 3.34. The highest BCUT2D eigenvalue weighted by Crippen LogP contribution is 2.22. The van der Waals surface area contributed by atoms with Crippen molar-refractivity contribution >= 4 is 29.1 Å². The zero-order chi connectivity index (χ0) is 16.1. The Morgan fingerprint density at radius 3 is 2.57 bits per heavy atom. The fraction of sp³-hybridized carbons (Fsp3) is 0.588. The van der Waals surface area contributed by atoms with Crippen LogP contribution >= 0.6 is 12.4 Å².